The molecule has 2 aliphatic rings. The van der Waals surface area contributed by atoms with Crippen LogP contribution in [0.1, 0.15) is 35.6 Å². The summed E-state index contributed by atoms with van der Waals surface area (Å²) >= 11 is 0. The van der Waals surface area contributed by atoms with Crippen LogP contribution in [0.5, 0.6) is 0 Å². The van der Waals surface area contributed by atoms with E-state index in [4.69, 9.17) is 0 Å². The predicted molar refractivity (Wildman–Crippen MR) is 58.0 cm³/mol. The van der Waals surface area contributed by atoms with Gasteiger partial charge in [0.2, 0.25) is 0 Å². The van der Waals surface area contributed by atoms with Crippen LogP contribution in [0.25, 0.3) is 0 Å². The molecule has 2 aliphatic heterocycles. The van der Waals surface area contributed by atoms with Crippen molar-refractivity contribution in [1.29, 1.82) is 0 Å². The van der Waals surface area contributed by atoms with Crippen LogP contribution in [0, 0.1) is 5.41 Å². The normalized spacial score (nSPS) is 22.7. The Balaban J connectivity index is 2.12. The first-order valence-corrected chi connectivity index (χ1v) is 5.52. The molecular weight excluding hydrogens is 188 g/mol. The Kier molecular flexibility index (Phi) is 1.67. The number of hydrogen-bond donors (Lipinski definition) is 1. The van der Waals surface area contributed by atoms with E-state index in [0.29, 0.717) is 12.0 Å². The third kappa shape index (κ3) is 1.26. The maximum absolute atomic E-state index is 11.8. The highest BCUT2D eigenvalue weighted by atomic mass is 16.1. The number of nitrogens with one attached hydrogen (secondary N) is 1. The molecule has 0 aromatic carbocycles. The van der Waals surface area contributed by atoms with Gasteiger partial charge in [0, 0.05) is 18.8 Å². The van der Waals surface area contributed by atoms with E-state index in [2.05, 4.69) is 29.8 Å². The van der Waals surface area contributed by atoms with E-state index in [1.165, 1.54) is 11.3 Å². The molecule has 0 radical (unpaired) electrons. The van der Waals surface area contributed by atoms with Gasteiger partial charge in [-0.1, -0.05) is 13.8 Å². The molecule has 0 atom stereocenters. The lowest BCUT2D eigenvalue weighted by Gasteiger charge is -2.19. The van der Waals surface area contributed by atoms with Crippen LogP contribution in [0.2, 0.25) is 0 Å². The molecule has 1 N–H and O–H groups in total. The fourth-order valence-corrected chi connectivity index (χ4v) is 2.82. The van der Waals surface area contributed by atoms with Crippen molar-refractivity contribution < 1.29 is 4.79 Å². The summed E-state index contributed by atoms with van der Waals surface area (Å²) < 4.78 is 2.23. The van der Waals surface area contributed by atoms with E-state index >= 15 is 0 Å². The molecule has 0 aliphatic carbocycles. The van der Waals surface area contributed by atoms with Gasteiger partial charge in [0.05, 0.1) is 12.2 Å². The minimum atomic E-state index is 0.250. The molecule has 80 valence electrons. The van der Waals surface area contributed by atoms with Crippen molar-refractivity contribution in [3.8, 4) is 0 Å². The summed E-state index contributed by atoms with van der Waals surface area (Å²) in [7, 11) is 0. The Morgan fingerprint density at radius 2 is 2.20 bits per heavy atom. The van der Waals surface area contributed by atoms with E-state index in [-0.39, 0.29) is 5.78 Å². The highest BCUT2D eigenvalue weighted by Gasteiger charge is 2.34. The van der Waals surface area contributed by atoms with Crippen molar-refractivity contribution in [3.63, 3.8) is 0 Å². The van der Waals surface area contributed by atoms with Crippen molar-refractivity contribution in [2.24, 2.45) is 5.41 Å². The molecule has 0 saturated heterocycles. The SMILES string of the molecule is CC1(C)Cc2cc3c(n2C1)C(=O)CNC3. The van der Waals surface area contributed by atoms with Gasteiger partial charge in [0.25, 0.3) is 0 Å². The van der Waals surface area contributed by atoms with E-state index in [1.54, 1.807) is 0 Å². The molecular formula is C12H16N2O. The van der Waals surface area contributed by atoms with Gasteiger partial charge >= 0.3 is 0 Å². The first-order valence-electron chi connectivity index (χ1n) is 5.52. The summed E-state index contributed by atoms with van der Waals surface area (Å²) in [4.78, 5) is 11.8. The fourth-order valence-electron chi connectivity index (χ4n) is 2.82. The molecule has 3 heteroatoms. The van der Waals surface area contributed by atoms with Gasteiger partial charge in [-0.3, -0.25) is 4.79 Å². The molecule has 3 heterocycles. The second-order valence-electron chi connectivity index (χ2n) is 5.46. The Morgan fingerprint density at radius 1 is 1.40 bits per heavy atom. The highest BCUT2D eigenvalue weighted by molar-refractivity contribution is 5.98. The number of fused-ring (bicyclic) bond motifs is 3. The van der Waals surface area contributed by atoms with Crippen LogP contribution < -0.4 is 5.32 Å². The Labute approximate surface area is 89.5 Å². The second kappa shape index (κ2) is 2.73. The Morgan fingerprint density at radius 3 is 3.00 bits per heavy atom. The molecule has 0 amide bonds. The molecule has 15 heavy (non-hydrogen) atoms. The molecule has 3 nitrogen and oxygen atoms in total. The maximum Gasteiger partial charge on any atom is 0.193 e. The zero-order chi connectivity index (χ0) is 10.6. The van der Waals surface area contributed by atoms with Gasteiger partial charge in [-0.25, -0.2) is 0 Å². The lowest BCUT2D eigenvalue weighted by molar-refractivity contribution is 0.0972. The third-order valence-electron chi connectivity index (χ3n) is 3.37. The van der Waals surface area contributed by atoms with Gasteiger partial charge < -0.3 is 9.88 Å². The molecule has 0 unspecified atom stereocenters. The number of aromatic nitrogens is 1. The van der Waals surface area contributed by atoms with Gasteiger partial charge in [0.1, 0.15) is 0 Å². The van der Waals surface area contributed by atoms with Crippen LogP contribution in [-0.2, 0) is 19.5 Å². The summed E-state index contributed by atoms with van der Waals surface area (Å²) in [5.41, 5.74) is 3.81. The summed E-state index contributed by atoms with van der Waals surface area (Å²) in [6.07, 6.45) is 1.09. The number of carbonyl (C=O) groups is 1. The average Bonchev–Trinajstić information content (AvgIpc) is 2.56. The minimum Gasteiger partial charge on any atom is -0.341 e. The van der Waals surface area contributed by atoms with Crippen molar-refractivity contribution >= 4 is 5.78 Å². The summed E-state index contributed by atoms with van der Waals surface area (Å²) in [6, 6.07) is 2.20. The molecule has 0 spiro atoms. The van der Waals surface area contributed by atoms with Gasteiger partial charge in [0.15, 0.2) is 5.78 Å². The smallest absolute Gasteiger partial charge is 0.193 e. The van der Waals surface area contributed by atoms with Crippen LogP contribution in [0.4, 0.5) is 0 Å². The molecule has 1 aromatic heterocycles. The number of nitrogens with zero attached hydrogens (tertiary/aromatic N) is 1. The topological polar surface area (TPSA) is 34.0 Å². The minimum absolute atomic E-state index is 0.250. The van der Waals surface area contributed by atoms with Crippen LogP contribution in [0.15, 0.2) is 6.07 Å². The van der Waals surface area contributed by atoms with E-state index < -0.39 is 0 Å². The molecule has 3 rings (SSSR count). The monoisotopic (exact) mass is 204 g/mol. The third-order valence-corrected chi connectivity index (χ3v) is 3.37. The second-order valence-corrected chi connectivity index (χ2v) is 5.46. The number of ketones is 1. The predicted octanol–water partition coefficient (Wildman–Crippen LogP) is 1.36. The van der Waals surface area contributed by atoms with Crippen molar-refractivity contribution in [2.75, 3.05) is 6.54 Å². The number of rotatable bonds is 0. The van der Waals surface area contributed by atoms with Crippen molar-refractivity contribution in [3.05, 3.63) is 23.0 Å². The molecule has 0 bridgehead atoms. The Hall–Kier alpha value is -1.09. The first-order chi connectivity index (χ1) is 7.07. The lowest BCUT2D eigenvalue weighted by atomic mass is 9.90. The zero-order valence-electron chi connectivity index (χ0n) is 9.26. The number of carbonyl (C=O) groups excluding carboxylic acids is 1. The van der Waals surface area contributed by atoms with Crippen molar-refractivity contribution in [2.45, 2.75) is 33.4 Å². The largest absolute Gasteiger partial charge is 0.341 e. The summed E-state index contributed by atoms with van der Waals surface area (Å²) in [6.45, 7) is 6.86. The fraction of sp³-hybridized carbons (Fsp3) is 0.583. The maximum atomic E-state index is 11.8. The van der Waals surface area contributed by atoms with E-state index in [0.717, 1.165) is 25.2 Å². The van der Waals surface area contributed by atoms with Crippen LogP contribution >= 0.6 is 0 Å². The average molecular weight is 204 g/mol. The van der Waals surface area contributed by atoms with Crippen LogP contribution in [-0.4, -0.2) is 16.9 Å². The Bertz CT molecular complexity index is 443. The zero-order valence-corrected chi connectivity index (χ0v) is 9.26. The van der Waals surface area contributed by atoms with Gasteiger partial charge in [-0.15, -0.1) is 0 Å². The van der Waals surface area contributed by atoms with E-state index in [1.807, 2.05) is 0 Å². The summed E-state index contributed by atoms with van der Waals surface area (Å²) in [5.74, 6) is 0.250. The van der Waals surface area contributed by atoms with E-state index in [9.17, 15) is 4.79 Å². The standard InChI is InChI=1S/C12H16N2O/c1-12(2)4-9-3-8-5-13-6-10(15)11(8)14(9)7-12/h3,13H,4-7H2,1-2H3. The quantitative estimate of drug-likeness (QED) is 0.692. The molecule has 0 saturated carbocycles. The lowest BCUT2D eigenvalue weighted by Crippen LogP contribution is -2.31. The van der Waals surface area contributed by atoms with Crippen molar-refractivity contribution in [1.82, 2.24) is 9.88 Å². The number of Topliss-reactive ketones (excluding diaryl/α,β-unsaturated/α-hetero) is 1. The first kappa shape index (κ1) is 9.16. The molecule has 1 aromatic rings. The van der Waals surface area contributed by atoms with Gasteiger partial charge in [-0.05, 0) is 23.5 Å². The highest BCUT2D eigenvalue weighted by Crippen LogP contribution is 2.35. The number of hydrogen-bond acceptors (Lipinski definition) is 2. The summed E-state index contributed by atoms with van der Waals surface area (Å²) in [5, 5.41) is 3.14. The molecule has 0 fully saturated rings. The van der Waals surface area contributed by atoms with Gasteiger partial charge in [-0.2, -0.15) is 0 Å². The van der Waals surface area contributed by atoms with Crippen LogP contribution in [0.3, 0.4) is 0 Å².